The fourth-order valence-electron chi connectivity index (χ4n) is 3.08. The number of aryl methyl sites for hydroxylation is 2. The molecule has 1 aliphatic heterocycles. The predicted octanol–water partition coefficient (Wildman–Crippen LogP) is 1.82. The maximum absolute atomic E-state index is 11.7. The first-order valence-corrected chi connectivity index (χ1v) is 9.73. The van der Waals surface area contributed by atoms with E-state index in [0.29, 0.717) is 10.8 Å². The number of likely N-dealkylation sites (N-methyl/N-ethyl adjacent to an activating group) is 1. The van der Waals surface area contributed by atoms with Crippen LogP contribution in [0.4, 0.5) is 0 Å². The van der Waals surface area contributed by atoms with Crippen LogP contribution in [0.15, 0.2) is 0 Å². The third kappa shape index (κ3) is 3.79. The minimum absolute atomic E-state index is 0.131. The molecule has 21 heavy (non-hydrogen) atoms. The molecule has 0 bridgehead atoms. The zero-order chi connectivity index (χ0) is 15.6. The zero-order valence-electron chi connectivity index (χ0n) is 12.9. The molecule has 0 radical (unpaired) electrons. The first kappa shape index (κ1) is 16.8. The fraction of sp³-hybridized carbons (Fsp3) is 0.786. The number of nitrogens with one attached hydrogen (secondary N) is 1. The number of halogens is 1. The number of sulfone groups is 1. The summed E-state index contributed by atoms with van der Waals surface area (Å²) in [7, 11) is -2.87. The lowest BCUT2D eigenvalue weighted by molar-refractivity contribution is 0.377. The topological polar surface area (TPSA) is 64.0 Å². The molecular weight excluding hydrogens is 310 g/mol. The van der Waals surface area contributed by atoms with Crippen LogP contribution in [0.3, 0.4) is 0 Å². The van der Waals surface area contributed by atoms with Gasteiger partial charge in [-0.3, -0.25) is 4.68 Å². The lowest BCUT2D eigenvalue weighted by Crippen LogP contribution is -2.39. The lowest BCUT2D eigenvalue weighted by Gasteiger charge is -2.24. The summed E-state index contributed by atoms with van der Waals surface area (Å²) in [5, 5.41) is 8.58. The van der Waals surface area contributed by atoms with Crippen molar-refractivity contribution < 1.29 is 8.42 Å². The van der Waals surface area contributed by atoms with Gasteiger partial charge in [-0.2, -0.15) is 5.10 Å². The molecule has 120 valence electrons. The number of hydrogen-bond donors (Lipinski definition) is 1. The second-order valence-electron chi connectivity index (χ2n) is 5.69. The molecular formula is C14H24ClN3O2S. The minimum Gasteiger partial charge on any atom is -0.314 e. The first-order chi connectivity index (χ1) is 9.88. The molecule has 0 amide bonds. The maximum Gasteiger partial charge on any atom is 0.150 e. The van der Waals surface area contributed by atoms with Crippen molar-refractivity contribution in [3.8, 4) is 0 Å². The highest BCUT2D eigenvalue weighted by molar-refractivity contribution is 7.91. The van der Waals surface area contributed by atoms with Gasteiger partial charge in [0.1, 0.15) is 0 Å². The molecule has 1 aromatic rings. The average molecular weight is 334 g/mol. The molecule has 1 saturated heterocycles. The van der Waals surface area contributed by atoms with Gasteiger partial charge in [-0.1, -0.05) is 18.5 Å². The minimum atomic E-state index is -2.87. The Morgan fingerprint density at radius 3 is 2.71 bits per heavy atom. The molecule has 1 aromatic heterocycles. The summed E-state index contributed by atoms with van der Waals surface area (Å²) < 4.78 is 25.4. The Labute approximate surface area is 132 Å². The van der Waals surface area contributed by atoms with Crippen molar-refractivity contribution in [2.45, 2.75) is 46.2 Å². The van der Waals surface area contributed by atoms with Gasteiger partial charge in [0.25, 0.3) is 0 Å². The van der Waals surface area contributed by atoms with E-state index in [1.807, 2.05) is 25.5 Å². The highest BCUT2D eigenvalue weighted by Gasteiger charge is 2.34. The third-order valence-corrected chi connectivity index (χ3v) is 6.45. The van der Waals surface area contributed by atoms with Crippen LogP contribution in [-0.4, -0.2) is 42.3 Å². The molecule has 7 heteroatoms. The van der Waals surface area contributed by atoms with Crippen LogP contribution in [0.5, 0.6) is 0 Å². The van der Waals surface area contributed by atoms with E-state index in [1.54, 1.807) is 0 Å². The van der Waals surface area contributed by atoms with E-state index in [9.17, 15) is 8.42 Å². The Hall–Kier alpha value is -0.590. The van der Waals surface area contributed by atoms with Crippen LogP contribution in [-0.2, 0) is 22.8 Å². The average Bonchev–Trinajstić information content (AvgIpc) is 2.92. The van der Waals surface area contributed by atoms with Crippen LogP contribution in [0, 0.1) is 12.8 Å². The monoisotopic (exact) mass is 333 g/mol. The molecule has 2 unspecified atom stereocenters. The van der Waals surface area contributed by atoms with Gasteiger partial charge in [0, 0.05) is 19.0 Å². The molecule has 0 spiro atoms. The standard InChI is InChI=1S/C14H24ClN3O2S/c1-4-16-12(11-6-7-21(19,20)9-11)8-13-14(15)10(3)17-18(13)5-2/h11-12,16H,4-9H2,1-3H3. The molecule has 0 aromatic carbocycles. The molecule has 2 atom stereocenters. The second-order valence-corrected chi connectivity index (χ2v) is 8.30. The van der Waals surface area contributed by atoms with E-state index in [4.69, 9.17) is 11.6 Å². The normalized spacial score (nSPS) is 22.6. The molecule has 0 aliphatic carbocycles. The van der Waals surface area contributed by atoms with E-state index in [1.165, 1.54) is 0 Å². The Morgan fingerprint density at radius 2 is 2.19 bits per heavy atom. The van der Waals surface area contributed by atoms with Gasteiger partial charge in [0.15, 0.2) is 9.84 Å². The number of hydrogen-bond acceptors (Lipinski definition) is 4. The van der Waals surface area contributed by atoms with Crippen molar-refractivity contribution in [3.63, 3.8) is 0 Å². The summed E-state index contributed by atoms with van der Waals surface area (Å²) in [6.07, 6.45) is 1.46. The Morgan fingerprint density at radius 1 is 1.48 bits per heavy atom. The SMILES string of the molecule is CCNC(Cc1c(Cl)c(C)nn1CC)C1CCS(=O)(=O)C1. The molecule has 2 rings (SSSR count). The predicted molar refractivity (Wildman–Crippen MR) is 85.6 cm³/mol. The van der Waals surface area contributed by atoms with Gasteiger partial charge >= 0.3 is 0 Å². The summed E-state index contributed by atoms with van der Waals surface area (Å²) >= 11 is 6.37. The summed E-state index contributed by atoms with van der Waals surface area (Å²) in [4.78, 5) is 0. The summed E-state index contributed by atoms with van der Waals surface area (Å²) in [5.41, 5.74) is 1.84. The molecule has 1 N–H and O–H groups in total. The summed E-state index contributed by atoms with van der Waals surface area (Å²) in [5.74, 6) is 0.743. The zero-order valence-corrected chi connectivity index (χ0v) is 14.5. The van der Waals surface area contributed by atoms with Crippen molar-refractivity contribution in [3.05, 3.63) is 16.4 Å². The Kier molecular flexibility index (Phi) is 5.33. The Bertz CT molecular complexity index is 598. The molecule has 1 aliphatic rings. The second kappa shape index (κ2) is 6.67. The van der Waals surface area contributed by atoms with Gasteiger partial charge in [-0.05, 0) is 32.7 Å². The number of rotatable bonds is 6. The Balaban J connectivity index is 2.21. The van der Waals surface area contributed by atoms with Crippen LogP contribution >= 0.6 is 11.6 Å². The van der Waals surface area contributed by atoms with E-state index < -0.39 is 9.84 Å². The molecule has 5 nitrogen and oxygen atoms in total. The quantitative estimate of drug-likeness (QED) is 0.862. The van der Waals surface area contributed by atoms with Crippen LogP contribution in [0.25, 0.3) is 0 Å². The van der Waals surface area contributed by atoms with Gasteiger partial charge in [-0.25, -0.2) is 8.42 Å². The van der Waals surface area contributed by atoms with Crippen molar-refractivity contribution in [1.29, 1.82) is 0 Å². The van der Waals surface area contributed by atoms with E-state index >= 15 is 0 Å². The lowest BCUT2D eigenvalue weighted by atomic mass is 9.94. The molecule has 0 saturated carbocycles. The van der Waals surface area contributed by atoms with E-state index in [2.05, 4.69) is 10.4 Å². The van der Waals surface area contributed by atoms with Gasteiger partial charge in [0.05, 0.1) is 27.9 Å². The summed E-state index contributed by atoms with van der Waals surface area (Å²) in [6, 6.07) is 0.131. The smallest absolute Gasteiger partial charge is 0.150 e. The van der Waals surface area contributed by atoms with Crippen molar-refractivity contribution in [1.82, 2.24) is 15.1 Å². The molecule has 2 heterocycles. The number of nitrogens with zero attached hydrogens (tertiary/aromatic N) is 2. The van der Waals surface area contributed by atoms with Crippen molar-refractivity contribution in [2.24, 2.45) is 5.92 Å². The van der Waals surface area contributed by atoms with Crippen LogP contribution in [0.2, 0.25) is 5.02 Å². The van der Waals surface area contributed by atoms with Gasteiger partial charge in [0.2, 0.25) is 0 Å². The number of aromatic nitrogens is 2. The van der Waals surface area contributed by atoms with Crippen LogP contribution in [0.1, 0.15) is 31.7 Å². The van der Waals surface area contributed by atoms with Crippen molar-refractivity contribution in [2.75, 3.05) is 18.1 Å². The maximum atomic E-state index is 11.7. The van der Waals surface area contributed by atoms with Crippen LogP contribution < -0.4 is 5.32 Å². The van der Waals surface area contributed by atoms with Gasteiger partial charge < -0.3 is 5.32 Å². The summed E-state index contributed by atoms with van der Waals surface area (Å²) in [6.45, 7) is 7.57. The highest BCUT2D eigenvalue weighted by atomic mass is 35.5. The van der Waals surface area contributed by atoms with Crippen molar-refractivity contribution >= 4 is 21.4 Å². The van der Waals surface area contributed by atoms with E-state index in [-0.39, 0.29) is 17.7 Å². The first-order valence-electron chi connectivity index (χ1n) is 7.53. The fourth-order valence-corrected chi connectivity index (χ4v) is 5.17. The van der Waals surface area contributed by atoms with E-state index in [0.717, 1.165) is 37.3 Å². The largest absolute Gasteiger partial charge is 0.314 e. The molecule has 1 fully saturated rings. The highest BCUT2D eigenvalue weighted by Crippen LogP contribution is 2.27. The third-order valence-electron chi connectivity index (χ3n) is 4.17. The van der Waals surface area contributed by atoms with Gasteiger partial charge in [-0.15, -0.1) is 0 Å².